The molecule has 14 heavy (non-hydrogen) atoms. The van der Waals surface area contributed by atoms with E-state index in [2.05, 4.69) is 15.3 Å². The minimum atomic E-state index is 0.256. The molecule has 1 atom stereocenters. The number of anilines is 1. The number of hydrogen-bond donors (Lipinski definition) is 1. The summed E-state index contributed by atoms with van der Waals surface area (Å²) < 4.78 is 5.04. The van der Waals surface area contributed by atoms with Crippen LogP contribution < -0.4 is 5.32 Å². The van der Waals surface area contributed by atoms with Crippen molar-refractivity contribution in [2.75, 3.05) is 5.32 Å². The van der Waals surface area contributed by atoms with E-state index in [1.54, 1.807) is 24.9 Å². The molecule has 4 nitrogen and oxygen atoms in total. The Balaban J connectivity index is 1.92. The SMILES string of the molecule is c1cnc2c(n1)CC(c1ccoc1)N2. The molecule has 4 heteroatoms. The van der Waals surface area contributed by atoms with Gasteiger partial charge in [0.15, 0.2) is 0 Å². The molecule has 1 unspecified atom stereocenters. The standard InChI is InChI=1S/C10H9N3O/c1-4-14-6-7(1)8-5-9-10(13-8)12-3-2-11-9/h1-4,6,8H,5H2,(H,12,13). The third kappa shape index (κ3) is 1.08. The highest BCUT2D eigenvalue weighted by molar-refractivity contribution is 5.48. The van der Waals surface area contributed by atoms with Crippen molar-refractivity contribution >= 4 is 5.82 Å². The summed E-state index contributed by atoms with van der Waals surface area (Å²) in [5, 5.41) is 3.30. The van der Waals surface area contributed by atoms with Crippen molar-refractivity contribution in [1.29, 1.82) is 0 Å². The van der Waals surface area contributed by atoms with E-state index >= 15 is 0 Å². The lowest BCUT2D eigenvalue weighted by molar-refractivity contribution is 0.561. The lowest BCUT2D eigenvalue weighted by Gasteiger charge is -2.06. The molecule has 0 saturated heterocycles. The third-order valence-electron chi connectivity index (χ3n) is 2.43. The quantitative estimate of drug-likeness (QED) is 0.739. The first-order valence-electron chi connectivity index (χ1n) is 4.52. The van der Waals surface area contributed by atoms with Crippen LogP contribution in [0.3, 0.4) is 0 Å². The number of rotatable bonds is 1. The zero-order valence-electron chi connectivity index (χ0n) is 7.47. The van der Waals surface area contributed by atoms with Gasteiger partial charge in [-0.3, -0.25) is 4.98 Å². The predicted octanol–water partition coefficient (Wildman–Crippen LogP) is 1.78. The van der Waals surface area contributed by atoms with E-state index in [0.717, 1.165) is 23.5 Å². The van der Waals surface area contributed by atoms with Gasteiger partial charge in [-0.25, -0.2) is 4.98 Å². The molecule has 0 spiro atoms. The highest BCUT2D eigenvalue weighted by Crippen LogP contribution is 2.30. The monoisotopic (exact) mass is 187 g/mol. The van der Waals surface area contributed by atoms with Crippen LogP contribution in [0.5, 0.6) is 0 Å². The van der Waals surface area contributed by atoms with Crippen molar-refractivity contribution in [2.45, 2.75) is 12.5 Å². The van der Waals surface area contributed by atoms with Crippen LogP contribution in [0.25, 0.3) is 0 Å². The molecule has 3 heterocycles. The van der Waals surface area contributed by atoms with Crippen molar-refractivity contribution in [3.8, 4) is 0 Å². The van der Waals surface area contributed by atoms with Gasteiger partial charge in [0.2, 0.25) is 0 Å². The van der Waals surface area contributed by atoms with Gasteiger partial charge in [-0.15, -0.1) is 0 Å². The summed E-state index contributed by atoms with van der Waals surface area (Å²) in [6.45, 7) is 0. The Labute approximate surface area is 81.0 Å². The number of fused-ring (bicyclic) bond motifs is 1. The van der Waals surface area contributed by atoms with Gasteiger partial charge < -0.3 is 9.73 Å². The zero-order valence-corrected chi connectivity index (χ0v) is 7.47. The first-order chi connectivity index (χ1) is 6.93. The predicted molar refractivity (Wildman–Crippen MR) is 50.8 cm³/mol. The maximum absolute atomic E-state index is 5.04. The van der Waals surface area contributed by atoms with Crippen LogP contribution >= 0.6 is 0 Å². The molecular weight excluding hydrogens is 178 g/mol. The van der Waals surface area contributed by atoms with Crippen molar-refractivity contribution in [3.05, 3.63) is 42.2 Å². The Morgan fingerprint density at radius 2 is 2.29 bits per heavy atom. The molecule has 1 aliphatic rings. The molecule has 0 aromatic carbocycles. The van der Waals surface area contributed by atoms with Gasteiger partial charge in [0, 0.05) is 24.4 Å². The normalized spacial score (nSPS) is 19.0. The molecular formula is C10H9N3O. The Kier molecular flexibility index (Phi) is 1.53. The van der Waals surface area contributed by atoms with Crippen LogP contribution in [0, 0.1) is 0 Å². The third-order valence-corrected chi connectivity index (χ3v) is 2.43. The lowest BCUT2D eigenvalue weighted by atomic mass is 10.1. The van der Waals surface area contributed by atoms with Crippen LogP contribution in [-0.2, 0) is 6.42 Å². The highest BCUT2D eigenvalue weighted by atomic mass is 16.3. The van der Waals surface area contributed by atoms with E-state index in [1.807, 2.05) is 6.07 Å². The Hall–Kier alpha value is -1.84. The molecule has 0 radical (unpaired) electrons. The molecule has 1 N–H and O–H groups in total. The second-order valence-corrected chi connectivity index (χ2v) is 3.31. The van der Waals surface area contributed by atoms with Crippen molar-refractivity contribution < 1.29 is 4.42 Å². The Morgan fingerprint density at radius 1 is 1.36 bits per heavy atom. The van der Waals surface area contributed by atoms with E-state index in [1.165, 1.54) is 0 Å². The van der Waals surface area contributed by atoms with Gasteiger partial charge in [0.05, 0.1) is 24.3 Å². The molecule has 0 amide bonds. The van der Waals surface area contributed by atoms with Gasteiger partial charge in [-0.1, -0.05) is 0 Å². The average Bonchev–Trinajstić information content (AvgIpc) is 2.86. The van der Waals surface area contributed by atoms with Gasteiger partial charge in [0.1, 0.15) is 5.82 Å². The van der Waals surface area contributed by atoms with E-state index in [9.17, 15) is 0 Å². The number of furan rings is 1. The van der Waals surface area contributed by atoms with Crippen molar-refractivity contribution in [2.24, 2.45) is 0 Å². The molecule has 70 valence electrons. The lowest BCUT2D eigenvalue weighted by Crippen LogP contribution is -2.04. The van der Waals surface area contributed by atoms with E-state index in [0.29, 0.717) is 0 Å². The Bertz CT molecular complexity index is 413. The summed E-state index contributed by atoms with van der Waals surface area (Å²) in [5.74, 6) is 0.888. The molecule has 0 bridgehead atoms. The fourth-order valence-corrected chi connectivity index (χ4v) is 1.72. The number of hydrogen-bond acceptors (Lipinski definition) is 4. The van der Waals surface area contributed by atoms with Crippen LogP contribution in [0.4, 0.5) is 5.82 Å². The van der Waals surface area contributed by atoms with Crippen LogP contribution in [0.1, 0.15) is 17.3 Å². The average molecular weight is 187 g/mol. The topological polar surface area (TPSA) is 51.0 Å². The largest absolute Gasteiger partial charge is 0.472 e. The molecule has 1 aliphatic heterocycles. The number of aromatic nitrogens is 2. The van der Waals surface area contributed by atoms with Gasteiger partial charge in [0.25, 0.3) is 0 Å². The second kappa shape index (κ2) is 2.83. The van der Waals surface area contributed by atoms with E-state index in [4.69, 9.17) is 4.42 Å². The fourth-order valence-electron chi connectivity index (χ4n) is 1.72. The molecule has 2 aromatic rings. The first-order valence-corrected chi connectivity index (χ1v) is 4.52. The van der Waals surface area contributed by atoms with E-state index in [-0.39, 0.29) is 6.04 Å². The summed E-state index contributed by atoms with van der Waals surface area (Å²) in [6, 6.07) is 2.22. The van der Waals surface area contributed by atoms with Crippen LogP contribution in [0.15, 0.2) is 35.4 Å². The second-order valence-electron chi connectivity index (χ2n) is 3.31. The molecule has 3 rings (SSSR count). The number of nitrogens with one attached hydrogen (secondary N) is 1. The van der Waals surface area contributed by atoms with Crippen LogP contribution in [0.2, 0.25) is 0 Å². The maximum atomic E-state index is 5.04. The van der Waals surface area contributed by atoms with Crippen molar-refractivity contribution in [3.63, 3.8) is 0 Å². The summed E-state index contributed by atoms with van der Waals surface area (Å²) in [4.78, 5) is 8.48. The van der Waals surface area contributed by atoms with E-state index < -0.39 is 0 Å². The summed E-state index contributed by atoms with van der Waals surface area (Å²) in [6.07, 6.45) is 7.73. The summed E-state index contributed by atoms with van der Waals surface area (Å²) in [5.41, 5.74) is 2.17. The molecule has 0 aliphatic carbocycles. The fraction of sp³-hybridized carbons (Fsp3) is 0.200. The summed E-state index contributed by atoms with van der Waals surface area (Å²) >= 11 is 0. The highest BCUT2D eigenvalue weighted by Gasteiger charge is 2.24. The van der Waals surface area contributed by atoms with Crippen LogP contribution in [-0.4, -0.2) is 9.97 Å². The molecule has 2 aromatic heterocycles. The minimum Gasteiger partial charge on any atom is -0.472 e. The molecule has 0 saturated carbocycles. The molecule has 0 fully saturated rings. The van der Waals surface area contributed by atoms with Gasteiger partial charge in [-0.05, 0) is 6.07 Å². The number of nitrogens with zero attached hydrogens (tertiary/aromatic N) is 2. The Morgan fingerprint density at radius 3 is 3.07 bits per heavy atom. The zero-order chi connectivity index (χ0) is 9.38. The van der Waals surface area contributed by atoms with Crippen molar-refractivity contribution in [1.82, 2.24) is 9.97 Å². The van der Waals surface area contributed by atoms with Gasteiger partial charge in [-0.2, -0.15) is 0 Å². The first kappa shape index (κ1) is 7.55. The summed E-state index contributed by atoms with van der Waals surface area (Å²) in [7, 11) is 0. The minimum absolute atomic E-state index is 0.256. The smallest absolute Gasteiger partial charge is 0.148 e. The van der Waals surface area contributed by atoms with Gasteiger partial charge >= 0.3 is 0 Å². The maximum Gasteiger partial charge on any atom is 0.148 e.